The number of nitrogens with zero attached hydrogens (tertiary/aromatic N) is 2. The number of aromatic nitrogens is 1. The SMILES string of the molecule is COC[C@@H](c1ccccn1)N(C)C(=O)CC(=O)Nc1cc(C)cc(C)c1. The highest BCUT2D eigenvalue weighted by Gasteiger charge is 2.24. The molecule has 1 N–H and O–H groups in total. The molecular weight excluding hydrogens is 330 g/mol. The normalized spacial score (nSPS) is 11.7. The Labute approximate surface area is 154 Å². The van der Waals surface area contributed by atoms with Crippen molar-refractivity contribution in [3.8, 4) is 0 Å². The number of rotatable bonds is 7. The highest BCUT2D eigenvalue weighted by Crippen LogP contribution is 2.19. The number of carbonyl (C=O) groups excluding carboxylic acids is 2. The van der Waals surface area contributed by atoms with Crippen LogP contribution in [0, 0.1) is 13.8 Å². The highest BCUT2D eigenvalue weighted by atomic mass is 16.5. The summed E-state index contributed by atoms with van der Waals surface area (Å²) >= 11 is 0. The molecule has 6 heteroatoms. The van der Waals surface area contributed by atoms with Crippen LogP contribution in [0.3, 0.4) is 0 Å². The molecule has 1 aromatic carbocycles. The Balaban J connectivity index is 2.03. The Morgan fingerprint density at radius 2 is 1.88 bits per heavy atom. The van der Waals surface area contributed by atoms with Crippen molar-refractivity contribution in [1.29, 1.82) is 0 Å². The Kier molecular flexibility index (Phi) is 6.86. The number of ether oxygens (including phenoxy) is 1. The lowest BCUT2D eigenvalue weighted by Crippen LogP contribution is -2.36. The molecule has 0 radical (unpaired) electrons. The molecule has 2 amide bonds. The van der Waals surface area contributed by atoms with E-state index in [9.17, 15) is 9.59 Å². The van der Waals surface area contributed by atoms with Crippen LogP contribution in [-0.2, 0) is 14.3 Å². The van der Waals surface area contributed by atoms with E-state index in [-0.39, 0.29) is 24.3 Å². The zero-order chi connectivity index (χ0) is 19.1. The topological polar surface area (TPSA) is 71.5 Å². The average molecular weight is 355 g/mol. The minimum Gasteiger partial charge on any atom is -0.382 e. The van der Waals surface area contributed by atoms with Crippen LogP contribution in [0.2, 0.25) is 0 Å². The third-order valence-corrected chi connectivity index (χ3v) is 4.03. The maximum Gasteiger partial charge on any atom is 0.233 e. The lowest BCUT2D eigenvalue weighted by molar-refractivity contribution is -0.136. The summed E-state index contributed by atoms with van der Waals surface area (Å²) in [6, 6.07) is 10.9. The predicted molar refractivity (Wildman–Crippen MR) is 101 cm³/mol. The van der Waals surface area contributed by atoms with Gasteiger partial charge in [0.1, 0.15) is 6.42 Å². The number of pyridine rings is 1. The van der Waals surface area contributed by atoms with E-state index >= 15 is 0 Å². The van der Waals surface area contributed by atoms with Gasteiger partial charge in [0.05, 0.1) is 18.3 Å². The van der Waals surface area contributed by atoms with Gasteiger partial charge in [-0.1, -0.05) is 12.1 Å². The fourth-order valence-electron chi connectivity index (χ4n) is 2.81. The number of anilines is 1. The molecule has 1 heterocycles. The van der Waals surface area contributed by atoms with E-state index in [0.717, 1.165) is 16.8 Å². The Bertz CT molecular complexity index is 742. The molecular formula is C20H25N3O3. The van der Waals surface area contributed by atoms with Crippen LogP contribution < -0.4 is 5.32 Å². The smallest absolute Gasteiger partial charge is 0.233 e. The van der Waals surface area contributed by atoms with Crippen molar-refractivity contribution in [1.82, 2.24) is 9.88 Å². The van der Waals surface area contributed by atoms with Crippen LogP contribution in [0.1, 0.15) is 29.3 Å². The number of likely N-dealkylation sites (N-methyl/N-ethyl adjacent to an activating group) is 1. The summed E-state index contributed by atoms with van der Waals surface area (Å²) in [5, 5.41) is 2.79. The summed E-state index contributed by atoms with van der Waals surface area (Å²) in [6.07, 6.45) is 1.43. The maximum atomic E-state index is 12.5. The number of nitrogens with one attached hydrogen (secondary N) is 1. The number of carbonyl (C=O) groups is 2. The first-order chi connectivity index (χ1) is 12.4. The first kappa shape index (κ1) is 19.6. The number of methoxy groups -OCH3 is 1. The van der Waals surface area contributed by atoms with Crippen LogP contribution >= 0.6 is 0 Å². The van der Waals surface area contributed by atoms with Crippen molar-refractivity contribution in [2.75, 3.05) is 26.1 Å². The van der Waals surface area contributed by atoms with Gasteiger partial charge in [0.25, 0.3) is 0 Å². The molecule has 138 valence electrons. The zero-order valence-electron chi connectivity index (χ0n) is 15.7. The van der Waals surface area contributed by atoms with Gasteiger partial charge in [-0.15, -0.1) is 0 Å². The van der Waals surface area contributed by atoms with E-state index in [4.69, 9.17) is 4.74 Å². The minimum absolute atomic E-state index is 0.240. The maximum absolute atomic E-state index is 12.5. The number of hydrogen-bond acceptors (Lipinski definition) is 4. The van der Waals surface area contributed by atoms with E-state index in [1.807, 2.05) is 50.2 Å². The van der Waals surface area contributed by atoms with Crippen molar-refractivity contribution in [2.24, 2.45) is 0 Å². The first-order valence-electron chi connectivity index (χ1n) is 8.44. The van der Waals surface area contributed by atoms with Crippen molar-refractivity contribution < 1.29 is 14.3 Å². The van der Waals surface area contributed by atoms with E-state index in [2.05, 4.69) is 10.3 Å². The lowest BCUT2D eigenvalue weighted by atomic mass is 10.1. The van der Waals surface area contributed by atoms with E-state index in [1.54, 1.807) is 20.4 Å². The molecule has 0 bridgehead atoms. The van der Waals surface area contributed by atoms with Crippen molar-refractivity contribution in [3.05, 3.63) is 59.4 Å². The Morgan fingerprint density at radius 3 is 2.46 bits per heavy atom. The summed E-state index contributed by atoms with van der Waals surface area (Å²) < 4.78 is 5.22. The van der Waals surface area contributed by atoms with Gasteiger partial charge in [0, 0.05) is 26.0 Å². The van der Waals surface area contributed by atoms with E-state index in [0.29, 0.717) is 12.3 Å². The van der Waals surface area contributed by atoms with Crippen LogP contribution in [-0.4, -0.2) is 42.5 Å². The molecule has 0 spiro atoms. The largest absolute Gasteiger partial charge is 0.382 e. The fourth-order valence-corrected chi connectivity index (χ4v) is 2.81. The quantitative estimate of drug-likeness (QED) is 0.775. The van der Waals surface area contributed by atoms with Gasteiger partial charge in [-0.2, -0.15) is 0 Å². The van der Waals surface area contributed by atoms with Crippen LogP contribution in [0.15, 0.2) is 42.6 Å². The standard InChI is InChI=1S/C20H25N3O3/c1-14-9-15(2)11-16(10-14)22-19(24)12-20(25)23(3)18(13-26-4)17-7-5-6-8-21-17/h5-11,18H,12-13H2,1-4H3,(H,22,24)/t18-/m0/s1. The molecule has 0 saturated heterocycles. The van der Waals surface area contributed by atoms with Gasteiger partial charge in [-0.3, -0.25) is 14.6 Å². The molecule has 0 aliphatic heterocycles. The third kappa shape index (κ3) is 5.39. The second-order valence-electron chi connectivity index (χ2n) is 6.33. The molecule has 0 unspecified atom stereocenters. The van der Waals surface area contributed by atoms with Crippen LogP contribution in [0.4, 0.5) is 5.69 Å². The molecule has 0 saturated carbocycles. The molecule has 1 atom stereocenters. The third-order valence-electron chi connectivity index (χ3n) is 4.03. The van der Waals surface area contributed by atoms with Gasteiger partial charge in [-0.25, -0.2) is 0 Å². The highest BCUT2D eigenvalue weighted by molar-refractivity contribution is 6.03. The van der Waals surface area contributed by atoms with Crippen molar-refractivity contribution >= 4 is 17.5 Å². The van der Waals surface area contributed by atoms with Crippen molar-refractivity contribution in [3.63, 3.8) is 0 Å². The van der Waals surface area contributed by atoms with Gasteiger partial charge < -0.3 is 15.0 Å². The molecule has 0 aliphatic carbocycles. The summed E-state index contributed by atoms with van der Waals surface area (Å²) in [6.45, 7) is 4.23. The monoisotopic (exact) mass is 355 g/mol. The Morgan fingerprint density at radius 1 is 1.19 bits per heavy atom. The Hall–Kier alpha value is -2.73. The van der Waals surface area contributed by atoms with Gasteiger partial charge >= 0.3 is 0 Å². The number of aryl methyl sites for hydroxylation is 2. The number of benzene rings is 1. The van der Waals surface area contributed by atoms with E-state index < -0.39 is 0 Å². The molecule has 0 fully saturated rings. The van der Waals surface area contributed by atoms with Gasteiger partial charge in [0.2, 0.25) is 11.8 Å². The molecule has 2 rings (SSSR count). The van der Waals surface area contributed by atoms with Crippen LogP contribution in [0.25, 0.3) is 0 Å². The zero-order valence-corrected chi connectivity index (χ0v) is 15.7. The molecule has 1 aromatic heterocycles. The van der Waals surface area contributed by atoms with Crippen LogP contribution in [0.5, 0.6) is 0 Å². The lowest BCUT2D eigenvalue weighted by Gasteiger charge is -2.27. The summed E-state index contributed by atoms with van der Waals surface area (Å²) in [5.41, 5.74) is 3.53. The number of amides is 2. The minimum atomic E-state index is -0.345. The van der Waals surface area contributed by atoms with Crippen molar-refractivity contribution in [2.45, 2.75) is 26.3 Å². The second-order valence-corrected chi connectivity index (χ2v) is 6.33. The van der Waals surface area contributed by atoms with Gasteiger partial charge in [-0.05, 0) is 49.2 Å². The molecule has 0 aliphatic rings. The summed E-state index contributed by atoms with van der Waals surface area (Å²) in [7, 11) is 3.23. The molecule has 26 heavy (non-hydrogen) atoms. The average Bonchev–Trinajstić information content (AvgIpc) is 2.58. The first-order valence-corrected chi connectivity index (χ1v) is 8.44. The molecule has 6 nitrogen and oxygen atoms in total. The van der Waals surface area contributed by atoms with E-state index in [1.165, 1.54) is 4.90 Å². The summed E-state index contributed by atoms with van der Waals surface area (Å²) in [4.78, 5) is 30.6. The summed E-state index contributed by atoms with van der Waals surface area (Å²) in [5.74, 6) is -0.636. The predicted octanol–water partition coefficient (Wildman–Crippen LogP) is 2.87. The molecule has 2 aromatic rings. The second kappa shape index (κ2) is 9.10. The number of hydrogen-bond donors (Lipinski definition) is 1. The van der Waals surface area contributed by atoms with Gasteiger partial charge in [0.15, 0.2) is 0 Å². The fraction of sp³-hybridized carbons (Fsp3) is 0.350.